The van der Waals surface area contributed by atoms with Crippen LogP contribution in [0, 0.1) is 0 Å². The van der Waals surface area contributed by atoms with Gasteiger partial charge < -0.3 is 4.42 Å². The number of unbranched alkanes of at least 4 members (excludes halogenated alkanes) is 1. The van der Waals surface area contributed by atoms with Crippen LogP contribution in [0.3, 0.4) is 0 Å². The first-order valence-corrected chi connectivity index (χ1v) is 10.2. The molecule has 1 heterocycles. The van der Waals surface area contributed by atoms with Crippen molar-refractivity contribution >= 4 is 32.7 Å². The van der Waals surface area contributed by atoms with Crippen molar-refractivity contribution in [3.8, 4) is 0 Å². The van der Waals surface area contributed by atoms with Crippen molar-refractivity contribution in [2.75, 3.05) is 0 Å². The Morgan fingerprint density at radius 1 is 0.714 bits per heavy atom. The van der Waals surface area contributed by atoms with Crippen LogP contribution in [0.15, 0.2) is 83.3 Å². The predicted molar refractivity (Wildman–Crippen MR) is 119 cm³/mol. The molecule has 0 radical (unpaired) electrons. The van der Waals surface area contributed by atoms with Gasteiger partial charge in [-0.15, -0.1) is 0 Å². The van der Waals surface area contributed by atoms with E-state index in [9.17, 15) is 0 Å². The van der Waals surface area contributed by atoms with Gasteiger partial charge in [-0.2, -0.15) is 0 Å². The monoisotopic (exact) mass is 364 g/mol. The van der Waals surface area contributed by atoms with Crippen molar-refractivity contribution < 1.29 is 4.42 Å². The minimum absolute atomic E-state index is 0.889. The second kappa shape index (κ2) is 7.16. The zero-order chi connectivity index (χ0) is 18.9. The Kier molecular flexibility index (Phi) is 4.37. The molecule has 0 saturated heterocycles. The van der Waals surface area contributed by atoms with Gasteiger partial charge in [0.05, 0.1) is 0 Å². The standard InChI is InChI=1S/C27H24O/c1-2-3-12-22-18-20-13-7-8-15-23(20)25-24-16-9-14-21(26(24)28-27(22)25)17-19-10-5-4-6-11-19/h4-11,13-16,18H,2-3,12,17H2,1H3. The van der Waals surface area contributed by atoms with Crippen LogP contribution < -0.4 is 0 Å². The van der Waals surface area contributed by atoms with Gasteiger partial charge in [0.15, 0.2) is 0 Å². The summed E-state index contributed by atoms with van der Waals surface area (Å²) in [7, 11) is 0. The van der Waals surface area contributed by atoms with Crippen LogP contribution in [0.5, 0.6) is 0 Å². The highest BCUT2D eigenvalue weighted by Gasteiger charge is 2.16. The molecule has 0 amide bonds. The molecule has 5 rings (SSSR count). The second-order valence-electron chi connectivity index (χ2n) is 7.62. The molecule has 5 aromatic rings. The van der Waals surface area contributed by atoms with Gasteiger partial charge in [0.25, 0.3) is 0 Å². The zero-order valence-corrected chi connectivity index (χ0v) is 16.2. The Hall–Kier alpha value is -3.06. The van der Waals surface area contributed by atoms with E-state index in [-0.39, 0.29) is 0 Å². The predicted octanol–water partition coefficient (Wildman–Crippen LogP) is 7.67. The van der Waals surface area contributed by atoms with Gasteiger partial charge in [0, 0.05) is 17.2 Å². The molecule has 0 aliphatic rings. The first kappa shape index (κ1) is 17.1. The Bertz CT molecular complexity index is 1260. The summed E-state index contributed by atoms with van der Waals surface area (Å²) in [6.07, 6.45) is 4.32. The molecule has 4 aromatic carbocycles. The SMILES string of the molecule is CCCCc1cc2ccccc2c2c1oc1c(Cc3ccccc3)cccc12. The van der Waals surface area contributed by atoms with E-state index in [1.807, 2.05) is 0 Å². The third-order valence-corrected chi connectivity index (χ3v) is 5.69. The largest absolute Gasteiger partial charge is 0.455 e. The van der Waals surface area contributed by atoms with Crippen molar-refractivity contribution in [2.45, 2.75) is 32.6 Å². The highest BCUT2D eigenvalue weighted by molar-refractivity contribution is 6.20. The molecule has 0 aliphatic heterocycles. The molecule has 0 unspecified atom stereocenters. The Morgan fingerprint density at radius 2 is 1.50 bits per heavy atom. The van der Waals surface area contributed by atoms with Crippen molar-refractivity contribution in [1.29, 1.82) is 0 Å². The molecule has 1 heteroatoms. The topological polar surface area (TPSA) is 13.1 Å². The fraction of sp³-hybridized carbons (Fsp3) is 0.185. The molecule has 1 nitrogen and oxygen atoms in total. The van der Waals surface area contributed by atoms with Crippen LogP contribution in [0.2, 0.25) is 0 Å². The molecule has 0 aliphatic carbocycles. The van der Waals surface area contributed by atoms with Gasteiger partial charge in [0.1, 0.15) is 11.2 Å². The number of rotatable bonds is 5. The molecule has 28 heavy (non-hydrogen) atoms. The molecule has 0 bridgehead atoms. The minimum atomic E-state index is 0.889. The maximum absolute atomic E-state index is 6.59. The lowest BCUT2D eigenvalue weighted by Gasteiger charge is -2.06. The lowest BCUT2D eigenvalue weighted by molar-refractivity contribution is 0.654. The molecule has 0 saturated carbocycles. The van der Waals surface area contributed by atoms with Gasteiger partial charge in [0.2, 0.25) is 0 Å². The molecule has 0 fully saturated rings. The lowest BCUT2D eigenvalue weighted by Crippen LogP contribution is -1.87. The number of hydrogen-bond acceptors (Lipinski definition) is 1. The Balaban J connectivity index is 1.79. The van der Waals surface area contributed by atoms with Crippen molar-refractivity contribution in [3.05, 3.63) is 95.6 Å². The number of benzene rings is 4. The van der Waals surface area contributed by atoms with Crippen LogP contribution >= 0.6 is 0 Å². The van der Waals surface area contributed by atoms with E-state index in [2.05, 4.69) is 85.8 Å². The molecular formula is C27H24O. The van der Waals surface area contributed by atoms with E-state index >= 15 is 0 Å². The number of fused-ring (bicyclic) bond motifs is 5. The van der Waals surface area contributed by atoms with Gasteiger partial charge in [-0.1, -0.05) is 86.1 Å². The van der Waals surface area contributed by atoms with Crippen molar-refractivity contribution in [1.82, 2.24) is 0 Å². The Labute approximate surface area is 165 Å². The molecular weight excluding hydrogens is 340 g/mol. The minimum Gasteiger partial charge on any atom is -0.455 e. The maximum Gasteiger partial charge on any atom is 0.139 e. The normalized spacial score (nSPS) is 11.6. The van der Waals surface area contributed by atoms with E-state index in [4.69, 9.17) is 4.42 Å². The highest BCUT2D eigenvalue weighted by Crippen LogP contribution is 2.39. The van der Waals surface area contributed by atoms with Gasteiger partial charge >= 0.3 is 0 Å². The second-order valence-corrected chi connectivity index (χ2v) is 7.62. The van der Waals surface area contributed by atoms with Crippen LogP contribution in [0.4, 0.5) is 0 Å². The molecule has 138 valence electrons. The average Bonchev–Trinajstić information content (AvgIpc) is 3.14. The molecule has 0 spiro atoms. The average molecular weight is 364 g/mol. The smallest absolute Gasteiger partial charge is 0.139 e. The first-order valence-electron chi connectivity index (χ1n) is 10.2. The summed E-state index contributed by atoms with van der Waals surface area (Å²) in [6.45, 7) is 2.24. The molecule has 0 N–H and O–H groups in total. The van der Waals surface area contributed by atoms with E-state index in [1.165, 1.54) is 51.1 Å². The van der Waals surface area contributed by atoms with Crippen LogP contribution in [-0.2, 0) is 12.8 Å². The van der Waals surface area contributed by atoms with E-state index < -0.39 is 0 Å². The number of furan rings is 1. The fourth-order valence-electron chi connectivity index (χ4n) is 4.28. The van der Waals surface area contributed by atoms with E-state index in [1.54, 1.807) is 0 Å². The maximum atomic E-state index is 6.59. The third-order valence-electron chi connectivity index (χ3n) is 5.69. The first-order chi connectivity index (χ1) is 13.8. The molecule has 0 atom stereocenters. The quantitative estimate of drug-likeness (QED) is 0.312. The van der Waals surface area contributed by atoms with Gasteiger partial charge in [-0.3, -0.25) is 0 Å². The lowest BCUT2D eigenvalue weighted by atomic mass is 9.96. The van der Waals surface area contributed by atoms with Crippen LogP contribution in [-0.4, -0.2) is 0 Å². The highest BCUT2D eigenvalue weighted by atomic mass is 16.3. The van der Waals surface area contributed by atoms with Gasteiger partial charge in [-0.05, 0) is 46.4 Å². The van der Waals surface area contributed by atoms with Crippen molar-refractivity contribution in [2.24, 2.45) is 0 Å². The van der Waals surface area contributed by atoms with Crippen LogP contribution in [0.25, 0.3) is 32.7 Å². The van der Waals surface area contributed by atoms with Crippen LogP contribution in [0.1, 0.15) is 36.5 Å². The fourth-order valence-corrected chi connectivity index (χ4v) is 4.28. The number of hydrogen-bond donors (Lipinski definition) is 0. The van der Waals surface area contributed by atoms with E-state index in [0.717, 1.165) is 24.0 Å². The summed E-state index contributed by atoms with van der Waals surface area (Å²) < 4.78 is 6.59. The summed E-state index contributed by atoms with van der Waals surface area (Å²) in [5.74, 6) is 0. The summed E-state index contributed by atoms with van der Waals surface area (Å²) in [6, 6.07) is 28.2. The van der Waals surface area contributed by atoms with E-state index in [0.29, 0.717) is 0 Å². The third kappa shape index (κ3) is 2.88. The summed E-state index contributed by atoms with van der Waals surface area (Å²) in [5.41, 5.74) is 6.01. The molecule has 1 aromatic heterocycles. The van der Waals surface area contributed by atoms with Crippen molar-refractivity contribution in [3.63, 3.8) is 0 Å². The summed E-state index contributed by atoms with van der Waals surface area (Å²) in [4.78, 5) is 0. The summed E-state index contributed by atoms with van der Waals surface area (Å²) in [5, 5.41) is 5.10. The number of para-hydroxylation sites is 1. The zero-order valence-electron chi connectivity index (χ0n) is 16.2. The Morgan fingerprint density at radius 3 is 2.36 bits per heavy atom. The van der Waals surface area contributed by atoms with Gasteiger partial charge in [-0.25, -0.2) is 0 Å². The number of aryl methyl sites for hydroxylation is 1. The summed E-state index contributed by atoms with van der Waals surface area (Å²) >= 11 is 0.